The Balaban J connectivity index is 2.10. The minimum Gasteiger partial charge on any atom is -0.399 e. The summed E-state index contributed by atoms with van der Waals surface area (Å²) in [6.45, 7) is 0.456. The molecule has 2 rings (SSSR count). The largest absolute Gasteiger partial charge is 0.399 e. The Morgan fingerprint density at radius 2 is 2.05 bits per heavy atom. The highest BCUT2D eigenvalue weighted by Crippen LogP contribution is 2.21. The zero-order valence-electron chi connectivity index (χ0n) is 10.2. The highest BCUT2D eigenvalue weighted by molar-refractivity contribution is 7.89. The van der Waals surface area contributed by atoms with E-state index in [0.29, 0.717) is 24.5 Å². The molecular formula is C11H15N5O2S. The number of nitrogens with one attached hydrogen (secondary N) is 1. The molecule has 1 aromatic heterocycles. The van der Waals surface area contributed by atoms with E-state index in [4.69, 9.17) is 10.9 Å². The molecule has 102 valence electrons. The molecule has 0 saturated carbocycles. The van der Waals surface area contributed by atoms with Crippen LogP contribution in [0.4, 0.5) is 11.5 Å². The zero-order valence-corrected chi connectivity index (χ0v) is 11.0. The SMILES string of the molecule is Nc1ccc2ncnc(NCCCS(N)(=O)=O)c2c1. The minimum absolute atomic E-state index is 0.0643. The summed E-state index contributed by atoms with van der Waals surface area (Å²) in [5, 5.41) is 8.79. The number of nitrogen functional groups attached to an aromatic ring is 1. The molecule has 0 unspecified atom stereocenters. The molecule has 7 nitrogen and oxygen atoms in total. The van der Waals surface area contributed by atoms with Gasteiger partial charge in [0.25, 0.3) is 0 Å². The van der Waals surface area contributed by atoms with Gasteiger partial charge in [0, 0.05) is 17.6 Å². The molecular weight excluding hydrogens is 266 g/mol. The summed E-state index contributed by atoms with van der Waals surface area (Å²) in [6.07, 6.45) is 1.85. The van der Waals surface area contributed by atoms with Gasteiger partial charge in [0.2, 0.25) is 10.0 Å². The Bertz CT molecular complexity index is 687. The maximum Gasteiger partial charge on any atom is 0.209 e. The number of fused-ring (bicyclic) bond motifs is 1. The summed E-state index contributed by atoms with van der Waals surface area (Å²) >= 11 is 0. The van der Waals surface area contributed by atoms with Crippen molar-refractivity contribution in [2.24, 2.45) is 5.14 Å². The number of nitrogens with two attached hydrogens (primary N) is 2. The fraction of sp³-hybridized carbons (Fsp3) is 0.273. The number of primary sulfonamides is 1. The number of rotatable bonds is 5. The van der Waals surface area contributed by atoms with Gasteiger partial charge in [0.05, 0.1) is 11.3 Å². The van der Waals surface area contributed by atoms with Gasteiger partial charge in [-0.2, -0.15) is 0 Å². The third-order valence-corrected chi connectivity index (χ3v) is 3.42. The number of benzene rings is 1. The van der Waals surface area contributed by atoms with E-state index >= 15 is 0 Å². The smallest absolute Gasteiger partial charge is 0.209 e. The van der Waals surface area contributed by atoms with Crippen molar-refractivity contribution in [3.05, 3.63) is 24.5 Å². The molecule has 0 aliphatic carbocycles. The molecule has 0 amide bonds. The van der Waals surface area contributed by atoms with Crippen molar-refractivity contribution in [3.63, 3.8) is 0 Å². The zero-order chi connectivity index (χ0) is 13.9. The highest BCUT2D eigenvalue weighted by Gasteiger charge is 2.05. The summed E-state index contributed by atoms with van der Waals surface area (Å²) in [7, 11) is -3.42. The van der Waals surface area contributed by atoms with Gasteiger partial charge in [0.1, 0.15) is 12.1 Å². The summed E-state index contributed by atoms with van der Waals surface area (Å²) in [5.41, 5.74) is 7.12. The minimum atomic E-state index is -3.42. The molecule has 1 aromatic carbocycles. The average molecular weight is 281 g/mol. The third-order valence-electron chi connectivity index (χ3n) is 2.56. The maximum absolute atomic E-state index is 10.8. The molecule has 0 radical (unpaired) electrons. The number of hydrogen-bond donors (Lipinski definition) is 3. The first kappa shape index (κ1) is 13.5. The van der Waals surface area contributed by atoms with Gasteiger partial charge in [-0.1, -0.05) is 0 Å². The maximum atomic E-state index is 10.8. The Morgan fingerprint density at radius 1 is 1.26 bits per heavy atom. The number of nitrogens with zero attached hydrogens (tertiary/aromatic N) is 2. The van der Waals surface area contributed by atoms with Gasteiger partial charge in [-0.05, 0) is 24.6 Å². The molecule has 0 bridgehead atoms. The van der Waals surface area contributed by atoms with Crippen LogP contribution in [0.2, 0.25) is 0 Å². The van der Waals surface area contributed by atoms with Crippen LogP contribution in [0.5, 0.6) is 0 Å². The molecule has 1 heterocycles. The van der Waals surface area contributed by atoms with Crippen LogP contribution in [0.3, 0.4) is 0 Å². The number of anilines is 2. The van der Waals surface area contributed by atoms with Crippen LogP contribution < -0.4 is 16.2 Å². The van der Waals surface area contributed by atoms with Gasteiger partial charge in [-0.3, -0.25) is 0 Å². The Morgan fingerprint density at radius 3 is 2.79 bits per heavy atom. The monoisotopic (exact) mass is 281 g/mol. The van der Waals surface area contributed by atoms with Crippen molar-refractivity contribution in [2.45, 2.75) is 6.42 Å². The van der Waals surface area contributed by atoms with Crippen molar-refractivity contribution in [3.8, 4) is 0 Å². The van der Waals surface area contributed by atoms with Crippen LogP contribution in [-0.2, 0) is 10.0 Å². The van der Waals surface area contributed by atoms with E-state index in [1.54, 1.807) is 12.1 Å². The molecule has 2 aromatic rings. The van der Waals surface area contributed by atoms with Crippen LogP contribution in [0.1, 0.15) is 6.42 Å². The second-order valence-corrected chi connectivity index (χ2v) is 5.88. The fourth-order valence-electron chi connectivity index (χ4n) is 1.70. The normalized spacial score (nSPS) is 11.6. The lowest BCUT2D eigenvalue weighted by Crippen LogP contribution is -2.18. The Labute approximate surface area is 111 Å². The molecule has 0 spiro atoms. The van der Waals surface area contributed by atoms with Crippen molar-refractivity contribution in [1.82, 2.24) is 9.97 Å². The van der Waals surface area contributed by atoms with Crippen LogP contribution in [0.25, 0.3) is 10.9 Å². The van der Waals surface area contributed by atoms with Crippen LogP contribution >= 0.6 is 0 Å². The predicted octanol–water partition coefficient (Wildman–Crippen LogP) is 0.303. The summed E-state index contributed by atoms with van der Waals surface area (Å²) in [6, 6.07) is 5.35. The van der Waals surface area contributed by atoms with E-state index in [-0.39, 0.29) is 5.75 Å². The molecule has 0 fully saturated rings. The van der Waals surface area contributed by atoms with E-state index in [9.17, 15) is 8.42 Å². The lowest BCUT2D eigenvalue weighted by molar-refractivity contribution is 0.596. The summed E-state index contributed by atoms with van der Waals surface area (Å²) in [5.74, 6) is 0.567. The molecule has 19 heavy (non-hydrogen) atoms. The van der Waals surface area contributed by atoms with Crippen molar-refractivity contribution in [1.29, 1.82) is 0 Å². The lowest BCUT2D eigenvalue weighted by Gasteiger charge is -2.08. The van der Waals surface area contributed by atoms with Gasteiger partial charge in [-0.15, -0.1) is 0 Å². The molecule has 0 atom stereocenters. The highest BCUT2D eigenvalue weighted by atomic mass is 32.2. The quantitative estimate of drug-likeness (QED) is 0.535. The topological polar surface area (TPSA) is 124 Å². The molecule has 0 saturated heterocycles. The third kappa shape index (κ3) is 3.76. The van der Waals surface area contributed by atoms with Gasteiger partial charge >= 0.3 is 0 Å². The van der Waals surface area contributed by atoms with Crippen molar-refractivity contribution >= 4 is 32.4 Å². The lowest BCUT2D eigenvalue weighted by atomic mass is 10.2. The van der Waals surface area contributed by atoms with Gasteiger partial charge in [0.15, 0.2) is 0 Å². The predicted molar refractivity (Wildman–Crippen MR) is 75.0 cm³/mol. The fourth-order valence-corrected chi connectivity index (χ4v) is 2.24. The number of hydrogen-bond acceptors (Lipinski definition) is 6. The van der Waals surface area contributed by atoms with E-state index in [1.165, 1.54) is 6.33 Å². The Kier molecular flexibility index (Phi) is 3.82. The summed E-state index contributed by atoms with van der Waals surface area (Å²) in [4.78, 5) is 8.25. The molecule has 8 heteroatoms. The van der Waals surface area contributed by atoms with Crippen LogP contribution in [-0.4, -0.2) is 30.7 Å². The standard InChI is InChI=1S/C11H15N5O2S/c12-8-2-3-10-9(6-8)11(16-7-15-10)14-4-1-5-19(13,17)18/h2-3,6-7H,1,4-5,12H2,(H2,13,17,18)(H,14,15,16). The molecule has 0 aliphatic rings. The first-order valence-corrected chi connectivity index (χ1v) is 7.42. The molecule has 0 aliphatic heterocycles. The van der Waals surface area contributed by atoms with E-state index in [0.717, 1.165) is 10.9 Å². The Hall–Kier alpha value is -1.93. The number of aromatic nitrogens is 2. The van der Waals surface area contributed by atoms with Crippen LogP contribution in [0.15, 0.2) is 24.5 Å². The van der Waals surface area contributed by atoms with Crippen molar-refractivity contribution in [2.75, 3.05) is 23.3 Å². The second kappa shape index (κ2) is 5.37. The first-order chi connectivity index (χ1) is 8.96. The van der Waals surface area contributed by atoms with Crippen LogP contribution in [0, 0.1) is 0 Å². The second-order valence-electron chi connectivity index (χ2n) is 4.15. The van der Waals surface area contributed by atoms with Gasteiger partial charge < -0.3 is 11.1 Å². The summed E-state index contributed by atoms with van der Waals surface area (Å²) < 4.78 is 21.6. The average Bonchev–Trinajstić information content (AvgIpc) is 2.33. The number of sulfonamides is 1. The van der Waals surface area contributed by atoms with E-state index in [1.807, 2.05) is 6.07 Å². The van der Waals surface area contributed by atoms with E-state index < -0.39 is 10.0 Å². The van der Waals surface area contributed by atoms with Gasteiger partial charge in [-0.25, -0.2) is 23.5 Å². The first-order valence-electron chi connectivity index (χ1n) is 5.70. The molecule has 5 N–H and O–H groups in total. The van der Waals surface area contributed by atoms with E-state index in [2.05, 4.69) is 15.3 Å². The van der Waals surface area contributed by atoms with Crippen molar-refractivity contribution < 1.29 is 8.42 Å².